The highest BCUT2D eigenvalue weighted by atomic mass is 17.1. The van der Waals surface area contributed by atoms with Crippen LogP contribution >= 0.6 is 0 Å². The smallest absolute Gasteiger partial charge is 0.332 e. The molecule has 0 saturated carbocycles. The first-order valence-electron chi connectivity index (χ1n) is 3.24. The molecule has 1 rings (SSSR count). The molecule has 1 aromatic rings. The van der Waals surface area contributed by atoms with Crippen molar-refractivity contribution in [1.82, 2.24) is 0 Å². The van der Waals surface area contributed by atoms with Crippen LogP contribution in [0.4, 0.5) is 5.69 Å². The SMILES string of the molecule is O=C(O[O-])c1ccc([N+](=O)[O-])cc1. The van der Waals surface area contributed by atoms with E-state index in [1.165, 1.54) is 0 Å². The van der Waals surface area contributed by atoms with Gasteiger partial charge in [-0.15, -0.1) is 0 Å². The van der Waals surface area contributed by atoms with Crippen molar-refractivity contribution in [2.45, 2.75) is 0 Å². The Morgan fingerprint density at radius 3 is 2.23 bits per heavy atom. The van der Waals surface area contributed by atoms with E-state index < -0.39 is 10.9 Å². The summed E-state index contributed by atoms with van der Waals surface area (Å²) in [7, 11) is 0. The van der Waals surface area contributed by atoms with Crippen molar-refractivity contribution < 1.29 is 19.9 Å². The zero-order valence-corrected chi connectivity index (χ0v) is 6.30. The minimum atomic E-state index is -1.06. The Bertz CT molecular complexity index is 331. The van der Waals surface area contributed by atoms with Crippen molar-refractivity contribution in [3.8, 4) is 0 Å². The van der Waals surface area contributed by atoms with Gasteiger partial charge in [-0.25, -0.2) is 4.79 Å². The maximum absolute atomic E-state index is 10.6. The van der Waals surface area contributed by atoms with Crippen molar-refractivity contribution >= 4 is 11.7 Å². The van der Waals surface area contributed by atoms with Crippen LogP contribution in [0.1, 0.15) is 10.4 Å². The lowest BCUT2D eigenvalue weighted by molar-refractivity contribution is -0.653. The molecule has 0 bridgehead atoms. The average molecular weight is 182 g/mol. The van der Waals surface area contributed by atoms with Crippen LogP contribution in [-0.2, 0) is 4.89 Å². The summed E-state index contributed by atoms with van der Waals surface area (Å²) in [5, 5.41) is 19.8. The van der Waals surface area contributed by atoms with Gasteiger partial charge in [-0.2, -0.15) is 0 Å². The molecule has 1 aromatic carbocycles. The summed E-state index contributed by atoms with van der Waals surface area (Å²) in [4.78, 5) is 23.3. The lowest BCUT2D eigenvalue weighted by Crippen LogP contribution is -2.13. The number of nitrogens with zero attached hydrogens (tertiary/aromatic N) is 1. The van der Waals surface area contributed by atoms with Gasteiger partial charge in [0.1, 0.15) is 0 Å². The number of carbonyl (C=O) groups is 1. The molecule has 0 aromatic heterocycles. The Kier molecular flexibility index (Phi) is 2.56. The number of hydrogen-bond donors (Lipinski definition) is 0. The topological polar surface area (TPSA) is 92.5 Å². The minimum Gasteiger partial charge on any atom is -0.661 e. The zero-order valence-electron chi connectivity index (χ0n) is 6.30. The number of nitro groups is 1. The molecule has 0 unspecified atom stereocenters. The van der Waals surface area contributed by atoms with Gasteiger partial charge in [0.2, 0.25) is 0 Å². The Hall–Kier alpha value is -1.95. The van der Waals surface area contributed by atoms with Gasteiger partial charge in [0.05, 0.1) is 10.5 Å². The molecular formula is C7H4NO5-. The van der Waals surface area contributed by atoms with Crippen LogP contribution in [0.5, 0.6) is 0 Å². The molecule has 0 heterocycles. The summed E-state index contributed by atoms with van der Waals surface area (Å²) >= 11 is 0. The van der Waals surface area contributed by atoms with Gasteiger partial charge in [-0.3, -0.25) is 10.1 Å². The fraction of sp³-hybridized carbons (Fsp3) is 0. The van der Waals surface area contributed by atoms with Crippen molar-refractivity contribution in [2.24, 2.45) is 0 Å². The second-order valence-corrected chi connectivity index (χ2v) is 2.17. The van der Waals surface area contributed by atoms with Crippen LogP contribution in [0.25, 0.3) is 0 Å². The third kappa shape index (κ3) is 2.00. The molecule has 0 N–H and O–H groups in total. The minimum absolute atomic E-state index is 0.0133. The van der Waals surface area contributed by atoms with E-state index in [4.69, 9.17) is 0 Å². The van der Waals surface area contributed by atoms with E-state index in [1.54, 1.807) is 0 Å². The highest BCUT2D eigenvalue weighted by Crippen LogP contribution is 2.11. The monoisotopic (exact) mass is 182 g/mol. The highest BCUT2D eigenvalue weighted by Gasteiger charge is 2.07. The van der Waals surface area contributed by atoms with Gasteiger partial charge in [0, 0.05) is 12.1 Å². The summed E-state index contributed by atoms with van der Waals surface area (Å²) in [6.07, 6.45) is 0. The molecule has 0 aliphatic heterocycles. The van der Waals surface area contributed by atoms with Crippen molar-refractivity contribution in [1.29, 1.82) is 0 Å². The van der Waals surface area contributed by atoms with Gasteiger partial charge < -0.3 is 10.1 Å². The number of hydrogen-bond acceptors (Lipinski definition) is 5. The molecule has 0 saturated heterocycles. The zero-order chi connectivity index (χ0) is 9.84. The van der Waals surface area contributed by atoms with Crippen LogP contribution in [0.3, 0.4) is 0 Å². The first kappa shape index (κ1) is 9.14. The van der Waals surface area contributed by atoms with Crippen LogP contribution in [-0.4, -0.2) is 10.9 Å². The van der Waals surface area contributed by atoms with Gasteiger partial charge >= 0.3 is 5.97 Å². The Labute approximate surface area is 72.4 Å². The fourth-order valence-corrected chi connectivity index (χ4v) is 0.767. The molecule has 6 nitrogen and oxygen atoms in total. The molecule has 13 heavy (non-hydrogen) atoms. The largest absolute Gasteiger partial charge is 0.661 e. The molecule has 0 aliphatic carbocycles. The Balaban J connectivity index is 2.93. The second kappa shape index (κ2) is 3.63. The summed E-state index contributed by atoms with van der Waals surface area (Å²) in [6.45, 7) is 0. The molecule has 0 atom stereocenters. The molecule has 0 amide bonds. The van der Waals surface area contributed by atoms with Gasteiger partial charge in [0.15, 0.2) is 0 Å². The molecule has 0 radical (unpaired) electrons. The standard InChI is InChI=1S/C7H5NO5/c9-7(13-12)5-1-3-6(4-2-5)8(10)11/h1-4,12H/p-1. The van der Waals surface area contributed by atoms with Gasteiger partial charge in [-0.05, 0) is 12.1 Å². The average Bonchev–Trinajstić information content (AvgIpc) is 2.17. The van der Waals surface area contributed by atoms with E-state index in [2.05, 4.69) is 4.89 Å². The van der Waals surface area contributed by atoms with Crippen LogP contribution in [0.2, 0.25) is 0 Å². The van der Waals surface area contributed by atoms with Crippen LogP contribution < -0.4 is 5.26 Å². The van der Waals surface area contributed by atoms with E-state index in [9.17, 15) is 20.2 Å². The van der Waals surface area contributed by atoms with Gasteiger partial charge in [-0.1, -0.05) is 0 Å². The quantitative estimate of drug-likeness (QED) is 0.365. The van der Waals surface area contributed by atoms with Crippen LogP contribution in [0.15, 0.2) is 24.3 Å². The lowest BCUT2D eigenvalue weighted by atomic mass is 10.2. The summed E-state index contributed by atoms with van der Waals surface area (Å²) in [5.74, 6) is -1.06. The summed E-state index contributed by atoms with van der Waals surface area (Å²) in [5.41, 5.74) is -0.164. The first-order chi connectivity index (χ1) is 6.15. The third-order valence-electron chi connectivity index (χ3n) is 1.39. The molecule has 0 aliphatic rings. The molecule has 0 fully saturated rings. The molecule has 6 heteroatoms. The van der Waals surface area contributed by atoms with E-state index in [0.29, 0.717) is 0 Å². The highest BCUT2D eigenvalue weighted by molar-refractivity contribution is 5.88. The lowest BCUT2D eigenvalue weighted by Gasteiger charge is -2.04. The Morgan fingerprint density at radius 2 is 1.85 bits per heavy atom. The van der Waals surface area contributed by atoms with Crippen molar-refractivity contribution in [3.63, 3.8) is 0 Å². The predicted octanol–water partition coefficient (Wildman–Crippen LogP) is 0.0269. The maximum atomic E-state index is 10.6. The number of benzene rings is 1. The van der Waals surface area contributed by atoms with E-state index in [1.807, 2.05) is 0 Å². The van der Waals surface area contributed by atoms with Crippen molar-refractivity contribution in [3.05, 3.63) is 39.9 Å². The number of carbonyl (C=O) groups excluding carboxylic acids is 1. The second-order valence-electron chi connectivity index (χ2n) is 2.17. The molecule has 68 valence electrons. The maximum Gasteiger partial charge on any atom is 0.332 e. The van der Waals surface area contributed by atoms with E-state index in [-0.39, 0.29) is 11.3 Å². The number of nitro benzene ring substituents is 1. The normalized spacial score (nSPS) is 9.31. The number of non-ortho nitro benzene ring substituents is 1. The third-order valence-corrected chi connectivity index (χ3v) is 1.39. The van der Waals surface area contributed by atoms with E-state index in [0.717, 1.165) is 24.3 Å². The fourth-order valence-electron chi connectivity index (χ4n) is 0.767. The van der Waals surface area contributed by atoms with Gasteiger partial charge in [0.25, 0.3) is 5.69 Å². The van der Waals surface area contributed by atoms with E-state index >= 15 is 0 Å². The summed E-state index contributed by atoms with van der Waals surface area (Å²) in [6, 6.07) is 4.54. The summed E-state index contributed by atoms with van der Waals surface area (Å²) < 4.78 is 0. The van der Waals surface area contributed by atoms with Crippen LogP contribution in [0, 0.1) is 10.1 Å². The van der Waals surface area contributed by atoms with Crippen molar-refractivity contribution in [2.75, 3.05) is 0 Å². The first-order valence-corrected chi connectivity index (χ1v) is 3.24. The number of rotatable bonds is 2. The Morgan fingerprint density at radius 1 is 1.31 bits per heavy atom. The predicted molar refractivity (Wildman–Crippen MR) is 38.5 cm³/mol. The molecular weight excluding hydrogens is 178 g/mol. The molecule has 0 spiro atoms.